The predicted octanol–water partition coefficient (Wildman–Crippen LogP) is 4.46. The van der Waals surface area contributed by atoms with Crippen LogP contribution in [-0.2, 0) is 19.3 Å². The molecule has 0 fully saturated rings. The van der Waals surface area contributed by atoms with Gasteiger partial charge in [-0.1, -0.05) is 6.92 Å². The average Bonchev–Trinajstić information content (AvgIpc) is 2.90. The van der Waals surface area contributed by atoms with Crippen LogP contribution in [0.2, 0.25) is 0 Å². The first-order valence-corrected chi connectivity index (χ1v) is 7.39. The Morgan fingerprint density at radius 1 is 1.05 bits per heavy atom. The number of halogens is 3. The summed E-state index contributed by atoms with van der Waals surface area (Å²) in [7, 11) is 0. The van der Waals surface area contributed by atoms with Crippen molar-refractivity contribution in [1.82, 2.24) is 5.32 Å². The van der Waals surface area contributed by atoms with Crippen molar-refractivity contribution in [2.24, 2.45) is 0 Å². The predicted molar refractivity (Wildman–Crippen MR) is 77.5 cm³/mol. The van der Waals surface area contributed by atoms with Crippen LogP contribution in [0, 0.1) is 0 Å². The molecule has 1 aromatic heterocycles. The fourth-order valence-electron chi connectivity index (χ4n) is 1.74. The second-order valence-corrected chi connectivity index (χ2v) is 5.71. The maximum atomic E-state index is 12.4. The molecule has 2 nitrogen and oxygen atoms in total. The van der Waals surface area contributed by atoms with Crippen LogP contribution < -0.4 is 10.1 Å². The van der Waals surface area contributed by atoms with Crippen LogP contribution in [0.4, 0.5) is 13.2 Å². The molecule has 0 spiro atoms. The molecule has 0 saturated heterocycles. The third-order valence-electron chi connectivity index (χ3n) is 2.83. The van der Waals surface area contributed by atoms with Gasteiger partial charge in [-0.15, -0.1) is 11.3 Å². The van der Waals surface area contributed by atoms with Crippen LogP contribution in [0.3, 0.4) is 0 Å². The van der Waals surface area contributed by atoms with Gasteiger partial charge in [0.1, 0.15) is 12.4 Å². The summed E-state index contributed by atoms with van der Waals surface area (Å²) >= 11 is 1.63. The van der Waals surface area contributed by atoms with Crippen molar-refractivity contribution in [2.75, 3.05) is 6.54 Å². The van der Waals surface area contributed by atoms with Crippen molar-refractivity contribution in [3.63, 3.8) is 0 Å². The number of hydrogen-bond donors (Lipinski definition) is 1. The zero-order valence-electron chi connectivity index (χ0n) is 11.5. The molecule has 1 aromatic carbocycles. The lowest BCUT2D eigenvalue weighted by molar-refractivity contribution is -0.137. The van der Waals surface area contributed by atoms with E-state index in [4.69, 9.17) is 4.74 Å². The Balaban J connectivity index is 1.89. The molecular formula is C15H16F3NOS. The highest BCUT2D eigenvalue weighted by Crippen LogP contribution is 2.30. The fourth-order valence-corrected chi connectivity index (χ4v) is 2.64. The van der Waals surface area contributed by atoms with E-state index in [0.29, 0.717) is 12.4 Å². The molecule has 2 aromatic rings. The maximum absolute atomic E-state index is 12.4. The third-order valence-corrected chi connectivity index (χ3v) is 3.89. The highest BCUT2D eigenvalue weighted by atomic mass is 32.1. The zero-order chi connectivity index (χ0) is 15.3. The lowest BCUT2D eigenvalue weighted by Crippen LogP contribution is -2.10. The summed E-state index contributed by atoms with van der Waals surface area (Å²) in [4.78, 5) is 2.26. The summed E-state index contributed by atoms with van der Waals surface area (Å²) in [5.74, 6) is 0.435. The summed E-state index contributed by atoms with van der Waals surface area (Å²) in [6.07, 6.45) is -4.31. The molecule has 0 atom stereocenters. The fraction of sp³-hybridized carbons (Fsp3) is 0.333. The zero-order valence-corrected chi connectivity index (χ0v) is 12.4. The molecule has 114 valence electrons. The lowest BCUT2D eigenvalue weighted by atomic mass is 10.2. The quantitative estimate of drug-likeness (QED) is 0.850. The summed E-state index contributed by atoms with van der Waals surface area (Å²) < 4.78 is 42.8. The van der Waals surface area contributed by atoms with E-state index in [1.165, 1.54) is 17.0 Å². The number of rotatable bonds is 6. The molecule has 0 radical (unpaired) electrons. The molecule has 6 heteroatoms. The molecule has 1 heterocycles. The van der Waals surface area contributed by atoms with Crippen LogP contribution in [0.15, 0.2) is 36.4 Å². The Hall–Kier alpha value is -1.53. The average molecular weight is 315 g/mol. The minimum Gasteiger partial charge on any atom is -0.488 e. The number of hydrogen-bond acceptors (Lipinski definition) is 3. The van der Waals surface area contributed by atoms with Crippen molar-refractivity contribution < 1.29 is 17.9 Å². The lowest BCUT2D eigenvalue weighted by Gasteiger charge is -2.08. The van der Waals surface area contributed by atoms with Crippen LogP contribution in [-0.4, -0.2) is 6.54 Å². The second kappa shape index (κ2) is 6.95. The number of nitrogens with one attached hydrogen (secondary N) is 1. The van der Waals surface area contributed by atoms with Crippen molar-refractivity contribution in [1.29, 1.82) is 0 Å². The van der Waals surface area contributed by atoms with E-state index in [9.17, 15) is 13.2 Å². The van der Waals surface area contributed by atoms with Gasteiger partial charge in [0.05, 0.1) is 5.56 Å². The molecule has 0 bridgehead atoms. The van der Waals surface area contributed by atoms with Gasteiger partial charge in [0.25, 0.3) is 0 Å². The Labute approximate surface area is 125 Å². The number of thiophene rings is 1. The van der Waals surface area contributed by atoms with Gasteiger partial charge in [0.15, 0.2) is 0 Å². The summed E-state index contributed by atoms with van der Waals surface area (Å²) in [5, 5.41) is 3.24. The Kier molecular flexibility index (Phi) is 5.25. The van der Waals surface area contributed by atoms with Crippen LogP contribution in [0.1, 0.15) is 22.2 Å². The Morgan fingerprint density at radius 2 is 1.71 bits per heavy atom. The molecule has 0 saturated carbocycles. The van der Waals surface area contributed by atoms with Crippen molar-refractivity contribution in [3.8, 4) is 5.75 Å². The van der Waals surface area contributed by atoms with Crippen molar-refractivity contribution >= 4 is 11.3 Å². The van der Waals surface area contributed by atoms with E-state index in [1.807, 2.05) is 19.1 Å². The normalized spacial score (nSPS) is 11.6. The largest absolute Gasteiger partial charge is 0.488 e. The van der Waals surface area contributed by atoms with Gasteiger partial charge in [-0.05, 0) is 42.9 Å². The highest BCUT2D eigenvalue weighted by Gasteiger charge is 2.29. The minimum atomic E-state index is -4.31. The van der Waals surface area contributed by atoms with E-state index in [0.717, 1.165) is 30.1 Å². The molecule has 21 heavy (non-hydrogen) atoms. The highest BCUT2D eigenvalue weighted by molar-refractivity contribution is 7.11. The van der Waals surface area contributed by atoms with Gasteiger partial charge in [0, 0.05) is 16.3 Å². The SMILES string of the molecule is CCNCc1ccc(COc2ccc(C(F)(F)F)cc2)s1. The van der Waals surface area contributed by atoms with Gasteiger partial charge >= 0.3 is 6.18 Å². The molecule has 2 rings (SSSR count). The van der Waals surface area contributed by atoms with Crippen LogP contribution >= 0.6 is 11.3 Å². The van der Waals surface area contributed by atoms with E-state index in [1.54, 1.807) is 11.3 Å². The van der Waals surface area contributed by atoms with Gasteiger partial charge < -0.3 is 10.1 Å². The molecular weight excluding hydrogens is 299 g/mol. The standard InChI is InChI=1S/C15H16F3NOS/c1-2-19-9-13-7-8-14(21-13)10-20-12-5-3-11(4-6-12)15(16,17)18/h3-8,19H,2,9-10H2,1H3. The van der Waals surface area contributed by atoms with Crippen LogP contribution in [0.5, 0.6) is 5.75 Å². The van der Waals surface area contributed by atoms with Crippen molar-refractivity contribution in [2.45, 2.75) is 26.3 Å². The monoisotopic (exact) mass is 315 g/mol. The van der Waals surface area contributed by atoms with E-state index in [-0.39, 0.29) is 0 Å². The van der Waals surface area contributed by atoms with Gasteiger partial charge in [-0.25, -0.2) is 0 Å². The van der Waals surface area contributed by atoms with Crippen molar-refractivity contribution in [3.05, 3.63) is 51.7 Å². The summed E-state index contributed by atoms with van der Waals surface area (Å²) in [5.41, 5.74) is -0.668. The molecule has 0 unspecified atom stereocenters. The van der Waals surface area contributed by atoms with Gasteiger partial charge in [0.2, 0.25) is 0 Å². The molecule has 0 aliphatic carbocycles. The van der Waals surface area contributed by atoms with E-state index >= 15 is 0 Å². The minimum absolute atomic E-state index is 0.363. The Morgan fingerprint density at radius 3 is 2.33 bits per heavy atom. The first-order valence-electron chi connectivity index (χ1n) is 6.57. The number of alkyl halides is 3. The Bertz CT molecular complexity index is 563. The number of benzene rings is 1. The smallest absolute Gasteiger partial charge is 0.416 e. The van der Waals surface area contributed by atoms with Gasteiger partial charge in [-0.2, -0.15) is 13.2 Å². The first-order chi connectivity index (χ1) is 9.99. The molecule has 1 N–H and O–H groups in total. The molecule has 0 aliphatic rings. The summed E-state index contributed by atoms with van der Waals surface area (Å²) in [6.45, 7) is 4.14. The van der Waals surface area contributed by atoms with E-state index in [2.05, 4.69) is 5.32 Å². The topological polar surface area (TPSA) is 21.3 Å². The van der Waals surface area contributed by atoms with E-state index < -0.39 is 11.7 Å². The maximum Gasteiger partial charge on any atom is 0.416 e. The molecule has 0 amide bonds. The third kappa shape index (κ3) is 4.75. The second-order valence-electron chi connectivity index (χ2n) is 4.46. The molecule has 0 aliphatic heterocycles. The summed E-state index contributed by atoms with van der Waals surface area (Å²) in [6, 6.07) is 8.74. The van der Waals surface area contributed by atoms with Gasteiger partial charge in [-0.3, -0.25) is 0 Å². The first kappa shape index (κ1) is 15.9. The van der Waals surface area contributed by atoms with Crippen LogP contribution in [0.25, 0.3) is 0 Å². The number of ether oxygens (including phenoxy) is 1.